The lowest BCUT2D eigenvalue weighted by molar-refractivity contribution is 0.122. The Morgan fingerprint density at radius 1 is 1.00 bits per heavy atom. The van der Waals surface area contributed by atoms with Gasteiger partial charge in [-0.3, -0.25) is 4.57 Å². The van der Waals surface area contributed by atoms with Crippen LogP contribution in [0.15, 0.2) is 54.7 Å². The molecule has 1 fully saturated rings. The predicted molar refractivity (Wildman–Crippen MR) is 119 cm³/mol. The van der Waals surface area contributed by atoms with Crippen LogP contribution in [0.4, 0.5) is 11.6 Å². The number of morpholine rings is 1. The van der Waals surface area contributed by atoms with E-state index in [0.29, 0.717) is 30.7 Å². The number of nitrogens with two attached hydrogens (primary N) is 1. The average Bonchev–Trinajstić information content (AvgIpc) is 3.18. The van der Waals surface area contributed by atoms with Gasteiger partial charge in [0.2, 0.25) is 0 Å². The molecule has 0 unspecified atom stereocenters. The van der Waals surface area contributed by atoms with Crippen molar-refractivity contribution in [3.05, 3.63) is 60.3 Å². The Kier molecular flexibility index (Phi) is 4.98. The first-order valence-corrected chi connectivity index (χ1v) is 10.4. The van der Waals surface area contributed by atoms with E-state index in [2.05, 4.69) is 9.88 Å². The minimum Gasteiger partial charge on any atom is -0.383 e. The van der Waals surface area contributed by atoms with E-state index in [1.165, 1.54) is 0 Å². The molecule has 1 aliphatic heterocycles. The van der Waals surface area contributed by atoms with E-state index >= 15 is 0 Å². The number of ether oxygens (including phenoxy) is 1. The summed E-state index contributed by atoms with van der Waals surface area (Å²) in [4.78, 5) is 16.3. The van der Waals surface area contributed by atoms with Crippen LogP contribution in [0.2, 0.25) is 0 Å². The first-order chi connectivity index (χ1) is 14.7. The lowest BCUT2D eigenvalue weighted by Crippen LogP contribution is -2.36. The number of aromatic nitrogens is 4. The van der Waals surface area contributed by atoms with Crippen LogP contribution in [0, 0.1) is 0 Å². The molecule has 1 aromatic carbocycles. The van der Waals surface area contributed by atoms with Crippen LogP contribution in [0.5, 0.6) is 0 Å². The van der Waals surface area contributed by atoms with Gasteiger partial charge >= 0.3 is 0 Å². The molecule has 0 atom stereocenters. The highest BCUT2D eigenvalue weighted by Gasteiger charge is 2.20. The highest BCUT2D eigenvalue weighted by Crippen LogP contribution is 2.31. The van der Waals surface area contributed by atoms with E-state index in [4.69, 9.17) is 32.0 Å². The minimum atomic E-state index is 0.430. The Balaban J connectivity index is 1.72. The van der Waals surface area contributed by atoms with Gasteiger partial charge in [0, 0.05) is 30.9 Å². The van der Waals surface area contributed by atoms with Gasteiger partial charge in [-0.25, -0.2) is 15.0 Å². The molecule has 5 rings (SSSR count). The Hall–Kier alpha value is -3.16. The number of nitrogens with zero attached hydrogens (tertiary/aromatic N) is 5. The summed E-state index contributed by atoms with van der Waals surface area (Å²) in [6.07, 6.45) is 1.68. The zero-order valence-corrected chi connectivity index (χ0v) is 17.1. The fourth-order valence-electron chi connectivity index (χ4n) is 3.68. The number of fused-ring (bicyclic) bond motifs is 1. The predicted octanol–water partition coefficient (Wildman–Crippen LogP) is 3.64. The Labute approximate surface area is 179 Å². The summed E-state index contributed by atoms with van der Waals surface area (Å²) >= 11 is 5.98. The van der Waals surface area contributed by atoms with Crippen LogP contribution in [-0.2, 0) is 10.6 Å². The van der Waals surface area contributed by atoms with Crippen molar-refractivity contribution in [2.24, 2.45) is 0 Å². The van der Waals surface area contributed by atoms with E-state index in [1.54, 1.807) is 6.20 Å². The van der Waals surface area contributed by atoms with Crippen molar-refractivity contribution >= 4 is 34.4 Å². The molecular weight excluding hydrogens is 400 g/mol. The van der Waals surface area contributed by atoms with Gasteiger partial charge in [0.1, 0.15) is 17.2 Å². The summed E-state index contributed by atoms with van der Waals surface area (Å²) in [7, 11) is 0. The molecule has 1 saturated heterocycles. The second kappa shape index (κ2) is 7.93. The van der Waals surface area contributed by atoms with Gasteiger partial charge in [-0.15, -0.1) is 11.6 Å². The van der Waals surface area contributed by atoms with Gasteiger partial charge in [0.15, 0.2) is 11.5 Å². The first-order valence-electron chi connectivity index (χ1n) is 9.83. The Morgan fingerprint density at radius 3 is 2.53 bits per heavy atom. The lowest BCUT2D eigenvalue weighted by Gasteiger charge is -2.27. The fraction of sp³-hybridized carbons (Fsp3) is 0.227. The summed E-state index contributed by atoms with van der Waals surface area (Å²) in [5.74, 6) is 2.52. The van der Waals surface area contributed by atoms with Crippen LogP contribution in [0.3, 0.4) is 0 Å². The summed E-state index contributed by atoms with van der Waals surface area (Å²) in [6, 6.07) is 15.9. The third-order valence-corrected chi connectivity index (χ3v) is 5.56. The maximum Gasteiger partial charge on any atom is 0.167 e. The standard InChI is InChI=1S/C22H21ClN6O/c23-14-15-3-5-16(6-4-15)29-21(17-2-1-9-25-20(17)24)26-18-7-8-19(27-22(18)29)28-10-12-30-13-11-28/h1-9H,10-14H2,(H2,24,25). The summed E-state index contributed by atoms with van der Waals surface area (Å²) in [5, 5.41) is 0. The molecule has 30 heavy (non-hydrogen) atoms. The molecule has 2 N–H and O–H groups in total. The summed E-state index contributed by atoms with van der Waals surface area (Å²) < 4.78 is 7.51. The quantitative estimate of drug-likeness (QED) is 0.507. The van der Waals surface area contributed by atoms with Crippen molar-refractivity contribution in [3.63, 3.8) is 0 Å². The molecule has 4 heterocycles. The Morgan fingerprint density at radius 2 is 1.80 bits per heavy atom. The van der Waals surface area contributed by atoms with Gasteiger partial charge in [0.25, 0.3) is 0 Å². The number of benzene rings is 1. The van der Waals surface area contributed by atoms with Crippen LogP contribution in [0.1, 0.15) is 5.56 Å². The molecule has 7 nitrogen and oxygen atoms in total. The van der Waals surface area contributed by atoms with Crippen molar-refractivity contribution in [3.8, 4) is 17.1 Å². The molecule has 8 heteroatoms. The van der Waals surface area contributed by atoms with Gasteiger partial charge in [-0.2, -0.15) is 0 Å². The van der Waals surface area contributed by atoms with E-state index in [9.17, 15) is 0 Å². The lowest BCUT2D eigenvalue weighted by atomic mass is 10.2. The monoisotopic (exact) mass is 420 g/mol. The summed E-state index contributed by atoms with van der Waals surface area (Å²) in [5.41, 5.74) is 10.5. The number of pyridine rings is 2. The molecule has 0 bridgehead atoms. The molecule has 1 aliphatic rings. The average molecular weight is 421 g/mol. The van der Waals surface area contributed by atoms with Gasteiger partial charge in [-0.05, 0) is 42.0 Å². The molecule has 0 aliphatic carbocycles. The van der Waals surface area contributed by atoms with Crippen molar-refractivity contribution in [1.82, 2.24) is 19.5 Å². The zero-order valence-electron chi connectivity index (χ0n) is 16.3. The highest BCUT2D eigenvalue weighted by atomic mass is 35.5. The normalized spacial score (nSPS) is 14.4. The number of halogens is 1. The topological polar surface area (TPSA) is 82.1 Å². The van der Waals surface area contributed by atoms with Crippen molar-refractivity contribution in [2.75, 3.05) is 36.9 Å². The number of rotatable bonds is 4. The van der Waals surface area contributed by atoms with Crippen LogP contribution < -0.4 is 10.6 Å². The number of nitrogen functional groups attached to an aromatic ring is 1. The largest absolute Gasteiger partial charge is 0.383 e. The molecule has 0 amide bonds. The molecular formula is C22H21ClN6O. The Bertz CT molecular complexity index is 1180. The molecule has 0 saturated carbocycles. The second-order valence-electron chi connectivity index (χ2n) is 7.12. The molecule has 152 valence electrons. The number of hydrogen-bond acceptors (Lipinski definition) is 6. The van der Waals surface area contributed by atoms with Gasteiger partial charge in [0.05, 0.1) is 18.8 Å². The smallest absolute Gasteiger partial charge is 0.167 e. The van der Waals surface area contributed by atoms with Crippen LogP contribution in [-0.4, -0.2) is 45.8 Å². The van der Waals surface area contributed by atoms with E-state index in [1.807, 2.05) is 53.1 Å². The van der Waals surface area contributed by atoms with Crippen LogP contribution >= 0.6 is 11.6 Å². The third-order valence-electron chi connectivity index (χ3n) is 5.25. The van der Waals surface area contributed by atoms with Crippen molar-refractivity contribution in [2.45, 2.75) is 5.88 Å². The summed E-state index contributed by atoms with van der Waals surface area (Å²) in [6.45, 7) is 3.05. The SMILES string of the molecule is Nc1ncccc1-c1nc2ccc(N3CCOCC3)nc2n1-c1ccc(CCl)cc1. The zero-order chi connectivity index (χ0) is 20.5. The van der Waals surface area contributed by atoms with Crippen molar-refractivity contribution in [1.29, 1.82) is 0 Å². The maximum absolute atomic E-state index is 6.19. The number of alkyl halides is 1. The van der Waals surface area contributed by atoms with E-state index < -0.39 is 0 Å². The highest BCUT2D eigenvalue weighted by molar-refractivity contribution is 6.17. The molecule has 0 radical (unpaired) electrons. The molecule has 0 spiro atoms. The number of imidazole rings is 1. The van der Waals surface area contributed by atoms with Gasteiger partial charge in [-0.1, -0.05) is 12.1 Å². The molecule has 4 aromatic rings. The van der Waals surface area contributed by atoms with Gasteiger partial charge < -0.3 is 15.4 Å². The van der Waals surface area contributed by atoms with Crippen molar-refractivity contribution < 1.29 is 4.74 Å². The minimum absolute atomic E-state index is 0.430. The third kappa shape index (κ3) is 3.36. The van der Waals surface area contributed by atoms with E-state index in [0.717, 1.165) is 46.9 Å². The second-order valence-corrected chi connectivity index (χ2v) is 7.39. The fourth-order valence-corrected chi connectivity index (χ4v) is 3.86. The number of anilines is 2. The maximum atomic E-state index is 6.19. The van der Waals surface area contributed by atoms with Crippen LogP contribution in [0.25, 0.3) is 28.2 Å². The van der Waals surface area contributed by atoms with E-state index in [-0.39, 0.29) is 0 Å². The first kappa shape index (κ1) is 18.8. The molecule has 3 aromatic heterocycles. The number of hydrogen-bond donors (Lipinski definition) is 1.